The van der Waals surface area contributed by atoms with Crippen molar-refractivity contribution in [1.29, 1.82) is 5.26 Å². The van der Waals surface area contributed by atoms with E-state index in [-0.39, 0.29) is 78.3 Å². The molecule has 0 atom stereocenters. The number of carbonyl (C=O) groups is 4. The number of thioether (sulfide) groups is 2. The first-order valence-electron chi connectivity index (χ1n) is 43.4. The quantitative estimate of drug-likeness (QED) is 0.00656. The molecule has 10 rings (SSSR count). The van der Waals surface area contributed by atoms with Crippen molar-refractivity contribution >= 4 is 109 Å². The highest BCUT2D eigenvalue weighted by atomic mass is 32.2. The van der Waals surface area contributed by atoms with Gasteiger partial charge in [0.15, 0.2) is 0 Å². The molecule has 0 N–H and O–H groups in total. The molecule has 20 nitrogen and oxygen atoms in total. The molecular weight excluding hydrogens is 1620 g/mol. The van der Waals surface area contributed by atoms with Crippen molar-refractivity contribution in [3.8, 4) is 98.9 Å². The van der Waals surface area contributed by atoms with Gasteiger partial charge in [-0.05, 0) is 177 Å². The lowest BCUT2D eigenvalue weighted by Gasteiger charge is -2.22. The summed E-state index contributed by atoms with van der Waals surface area (Å²) in [5.74, 6) is 23.9. The summed E-state index contributed by atoms with van der Waals surface area (Å²) >= 11 is 2.82. The van der Waals surface area contributed by atoms with Gasteiger partial charge in [-0.3, -0.25) is 24.5 Å². The summed E-state index contributed by atoms with van der Waals surface area (Å²) < 4.78 is 50.0. The van der Waals surface area contributed by atoms with Crippen molar-refractivity contribution in [2.75, 3.05) is 75.9 Å². The van der Waals surface area contributed by atoms with Crippen molar-refractivity contribution in [2.45, 2.75) is 156 Å². The molecule has 0 spiro atoms. The van der Waals surface area contributed by atoms with Gasteiger partial charge in [-0.2, -0.15) is 28.8 Å². The number of hydrogen-bond donors (Lipinski definition) is 0. The Hall–Kier alpha value is -12.9. The summed E-state index contributed by atoms with van der Waals surface area (Å²) in [6.45, 7) is 24.3. The normalized spacial score (nSPS) is 11.2. The van der Waals surface area contributed by atoms with E-state index in [0.29, 0.717) is 128 Å². The van der Waals surface area contributed by atoms with Crippen molar-refractivity contribution in [3.63, 3.8) is 0 Å². The number of nitrogens with zero attached hydrogens (tertiary/aromatic N) is 8. The SMILES string of the molecule is [C-]#[N+]/C(c1cnc2cc(OCCCSCC(=O)OCCOC(=O)C(=C)C)ccc2n1)=c1\c2c(-c3ccc(OCCCCCCCCCCCCCCCCCCCC)cc3)n(C)/c(=C(/C#N)c3cnc4cc(OCCCSCC(=O)OCCOC(=O)C(=C)C)ccc4n3)c2c(-c2ccc(OCC#CC#CC#CC#CC)cc2)n1B(c1ccccc1)c1ccccc1. The topological polar surface area (TPSA) is 232 Å². The number of aromatic nitrogens is 6. The lowest BCUT2D eigenvalue weighted by atomic mass is 9.50. The summed E-state index contributed by atoms with van der Waals surface area (Å²) in [5, 5.41) is 14.4. The van der Waals surface area contributed by atoms with Crippen LogP contribution in [0.2, 0.25) is 0 Å². The fraction of sp³-hybridized carbons (Fsp3) is 0.359. The number of esters is 4. The van der Waals surface area contributed by atoms with E-state index in [0.717, 1.165) is 35.8 Å². The van der Waals surface area contributed by atoms with Crippen molar-refractivity contribution in [2.24, 2.45) is 7.05 Å². The molecule has 0 aliphatic carbocycles. The molecule has 648 valence electrons. The average Bonchev–Trinajstić information content (AvgIpc) is 1.53. The van der Waals surface area contributed by atoms with Gasteiger partial charge in [0.1, 0.15) is 73.4 Å². The second-order valence-corrected chi connectivity index (χ2v) is 32.4. The van der Waals surface area contributed by atoms with E-state index in [4.69, 9.17) is 57.8 Å². The second-order valence-electron chi connectivity index (χ2n) is 30.2. The number of hydrogen-bond acceptors (Lipinski definition) is 19. The molecule has 10 aromatic rings. The van der Waals surface area contributed by atoms with E-state index in [9.17, 15) is 31.0 Å². The molecular formula is C103H109BN8O12S2. The number of ether oxygens (including phenoxy) is 8. The van der Waals surface area contributed by atoms with Crippen LogP contribution in [0.25, 0.3) is 71.5 Å². The van der Waals surface area contributed by atoms with Gasteiger partial charge < -0.3 is 46.9 Å². The van der Waals surface area contributed by atoms with Crippen LogP contribution in [0, 0.1) is 65.3 Å². The van der Waals surface area contributed by atoms with Gasteiger partial charge in [-0.15, -0.1) is 0 Å². The van der Waals surface area contributed by atoms with Crippen LogP contribution in [0.5, 0.6) is 23.0 Å². The Kier molecular flexibility index (Phi) is 39.8. The van der Waals surface area contributed by atoms with E-state index < -0.39 is 30.7 Å². The standard InChI is InChI=1S/C103H109BN8O12S2/c1-9-11-13-15-17-19-20-21-22-23-24-25-26-27-28-30-32-40-59-117-82-51-47-78(48-52-82)98-95-96(100(111(98)8)86(71-105)91-72-107-89-69-84(55-57-87(89)109-91)119-61-41-67-125-74-93(113)121-63-65-123-102(115)76(3)4)99(79-49-53-83(54-50-79)118-60-39-31-29-18-16-14-12-10-2)112(104(80-43-35-33-36-44-80)81-45-37-34-38-46-81)101(95)97(106-7)92-73-108-90-70-85(56-58-88(90)110-92)120-62-42-68-126-75-94(114)122-64-66-124-103(116)77(5)6/h33-38,43-58,69-70,72-73H,3,5,9,11,13,15,17,19-28,30,32,40-42,59-68,74-75H2,1-2,4,6,8H3/b100-86-,101-97+. The Labute approximate surface area is 749 Å². The van der Waals surface area contributed by atoms with Gasteiger partial charge in [0, 0.05) is 58.3 Å². The molecule has 0 fully saturated rings. The molecule has 0 saturated heterocycles. The summed E-state index contributed by atoms with van der Waals surface area (Å²) in [6.07, 6.45) is 27.7. The fourth-order valence-electron chi connectivity index (χ4n) is 14.4. The van der Waals surface area contributed by atoms with Crippen LogP contribution >= 0.6 is 23.5 Å². The summed E-state index contributed by atoms with van der Waals surface area (Å²) in [6, 6.07) is 49.6. The van der Waals surface area contributed by atoms with Gasteiger partial charge in [0.25, 0.3) is 0 Å². The van der Waals surface area contributed by atoms with Crippen LogP contribution in [0.15, 0.2) is 182 Å². The maximum atomic E-state index is 12.4. The third kappa shape index (κ3) is 29.1. The molecule has 0 aliphatic heterocycles. The first kappa shape index (κ1) is 95.3. The zero-order valence-electron chi connectivity index (χ0n) is 72.9. The summed E-state index contributed by atoms with van der Waals surface area (Å²) in [7, 11) is 1.94. The lowest BCUT2D eigenvalue weighted by Crippen LogP contribution is -2.53. The van der Waals surface area contributed by atoms with E-state index in [1.807, 2.05) is 127 Å². The first-order chi connectivity index (χ1) is 61.7. The van der Waals surface area contributed by atoms with Gasteiger partial charge in [-0.1, -0.05) is 207 Å². The lowest BCUT2D eigenvalue weighted by molar-refractivity contribution is -0.148. The van der Waals surface area contributed by atoms with Crippen molar-refractivity contribution in [3.05, 3.63) is 216 Å². The molecule has 4 heterocycles. The Morgan fingerprint density at radius 3 is 1.38 bits per heavy atom. The second kappa shape index (κ2) is 52.7. The minimum atomic E-state index is -0.665. The zero-order chi connectivity index (χ0) is 88.9. The molecule has 4 aromatic heterocycles. The monoisotopic (exact) mass is 1720 g/mol. The predicted octanol–water partition coefficient (Wildman–Crippen LogP) is 17.8. The predicted molar refractivity (Wildman–Crippen MR) is 506 cm³/mol. The van der Waals surface area contributed by atoms with Crippen LogP contribution in [0.4, 0.5) is 0 Å². The number of benzene rings is 6. The van der Waals surface area contributed by atoms with Crippen molar-refractivity contribution < 1.29 is 57.1 Å². The number of rotatable bonds is 51. The van der Waals surface area contributed by atoms with E-state index in [1.54, 1.807) is 39.2 Å². The van der Waals surface area contributed by atoms with Crippen LogP contribution < -0.4 is 40.6 Å². The molecule has 0 saturated carbocycles. The highest BCUT2D eigenvalue weighted by Gasteiger charge is 2.34. The van der Waals surface area contributed by atoms with Gasteiger partial charge in [-0.25, -0.2) is 19.4 Å². The number of unbranched alkanes of at least 4 members (excludes halogenated alkanes) is 17. The fourth-order valence-corrected chi connectivity index (χ4v) is 15.9. The summed E-state index contributed by atoms with van der Waals surface area (Å²) in [5.41, 5.74) is 8.04. The highest BCUT2D eigenvalue weighted by molar-refractivity contribution is 8.00. The number of carbonyl (C=O) groups excluding carboxylic acids is 4. The third-order valence-electron chi connectivity index (χ3n) is 20.6. The zero-order valence-corrected chi connectivity index (χ0v) is 74.6. The Balaban J connectivity index is 1.05. The minimum Gasteiger partial charge on any atom is -0.494 e. The van der Waals surface area contributed by atoms with Crippen LogP contribution in [0.3, 0.4) is 0 Å². The molecule has 0 bridgehead atoms. The molecule has 0 unspecified atom stereocenters. The molecule has 6 aromatic carbocycles. The first-order valence-corrected chi connectivity index (χ1v) is 45.7. The molecule has 0 radical (unpaired) electrons. The molecule has 126 heavy (non-hydrogen) atoms. The Morgan fingerprint density at radius 1 is 0.476 bits per heavy atom. The minimum absolute atomic E-state index is 0.0241. The Bertz CT molecular complexity index is 5830. The van der Waals surface area contributed by atoms with Crippen LogP contribution in [-0.4, -0.2) is 136 Å². The van der Waals surface area contributed by atoms with E-state index in [2.05, 4.69) is 107 Å². The molecule has 0 amide bonds. The van der Waals surface area contributed by atoms with Crippen molar-refractivity contribution in [1.82, 2.24) is 29.0 Å². The maximum Gasteiger partial charge on any atom is 0.333 e. The number of fused-ring (bicyclic) bond motifs is 3. The molecule has 23 heteroatoms. The van der Waals surface area contributed by atoms with Crippen LogP contribution in [-0.2, 0) is 45.2 Å². The average molecular weight is 1730 g/mol. The number of nitriles is 1. The van der Waals surface area contributed by atoms with E-state index in [1.165, 1.54) is 120 Å². The highest BCUT2D eigenvalue weighted by Crippen LogP contribution is 2.38. The van der Waals surface area contributed by atoms with Gasteiger partial charge >= 0.3 is 30.7 Å². The van der Waals surface area contributed by atoms with Gasteiger partial charge in [0.2, 0.25) is 5.70 Å². The van der Waals surface area contributed by atoms with Gasteiger partial charge in [0.05, 0.1) is 82.9 Å². The smallest absolute Gasteiger partial charge is 0.333 e. The maximum absolute atomic E-state index is 12.4. The molecule has 0 aliphatic rings. The summed E-state index contributed by atoms with van der Waals surface area (Å²) in [4.78, 5) is 73.4. The van der Waals surface area contributed by atoms with Crippen LogP contribution in [0.1, 0.15) is 167 Å². The largest absolute Gasteiger partial charge is 0.494 e. The third-order valence-corrected chi connectivity index (χ3v) is 22.6. The Morgan fingerprint density at radius 2 is 0.897 bits per heavy atom. The van der Waals surface area contributed by atoms with E-state index >= 15 is 0 Å².